The van der Waals surface area contributed by atoms with Crippen molar-refractivity contribution in [3.8, 4) is 5.75 Å². The van der Waals surface area contributed by atoms with E-state index in [9.17, 15) is 4.79 Å². The molecule has 0 saturated heterocycles. The molecule has 0 atom stereocenters. The topological polar surface area (TPSA) is 26.3 Å². The molecule has 0 amide bonds. The van der Waals surface area contributed by atoms with Gasteiger partial charge in [0.1, 0.15) is 12.0 Å². The van der Waals surface area contributed by atoms with Gasteiger partial charge in [0.2, 0.25) is 0 Å². The molecule has 0 radical (unpaired) electrons. The fourth-order valence-corrected chi connectivity index (χ4v) is 1.60. The van der Waals surface area contributed by atoms with Crippen molar-refractivity contribution in [2.75, 3.05) is 7.11 Å². The summed E-state index contributed by atoms with van der Waals surface area (Å²) in [5.74, 6) is 0.886. The van der Waals surface area contributed by atoms with Gasteiger partial charge < -0.3 is 9.53 Å². The molecule has 0 aliphatic carbocycles. The summed E-state index contributed by atoms with van der Waals surface area (Å²) >= 11 is 0. The standard InChI is InChI=1S/C14H20O2/c1-14(2,11-15)10-4-5-12-6-8-13(16-3)9-7-12/h6-9,11H,4-5,10H2,1-3H3. The van der Waals surface area contributed by atoms with Gasteiger partial charge in [0.25, 0.3) is 0 Å². The van der Waals surface area contributed by atoms with Crippen molar-refractivity contribution in [3.05, 3.63) is 29.8 Å². The molecule has 0 aromatic heterocycles. The zero-order valence-electron chi connectivity index (χ0n) is 10.3. The van der Waals surface area contributed by atoms with Gasteiger partial charge in [-0.15, -0.1) is 0 Å². The molecule has 0 aliphatic heterocycles. The van der Waals surface area contributed by atoms with Crippen LogP contribution in [0, 0.1) is 5.41 Å². The molecule has 1 aromatic carbocycles. The maximum absolute atomic E-state index is 10.7. The highest BCUT2D eigenvalue weighted by atomic mass is 16.5. The van der Waals surface area contributed by atoms with E-state index in [1.807, 2.05) is 26.0 Å². The number of methoxy groups -OCH3 is 1. The largest absolute Gasteiger partial charge is 0.497 e. The zero-order valence-corrected chi connectivity index (χ0v) is 10.3. The van der Waals surface area contributed by atoms with E-state index < -0.39 is 0 Å². The molecule has 0 heterocycles. The molecule has 0 saturated carbocycles. The maximum atomic E-state index is 10.7. The Morgan fingerprint density at radius 2 is 1.88 bits per heavy atom. The van der Waals surface area contributed by atoms with Gasteiger partial charge in [0.15, 0.2) is 0 Å². The molecule has 2 nitrogen and oxygen atoms in total. The minimum atomic E-state index is -0.188. The van der Waals surface area contributed by atoms with E-state index in [1.54, 1.807) is 7.11 Å². The fourth-order valence-electron chi connectivity index (χ4n) is 1.60. The van der Waals surface area contributed by atoms with Crippen molar-refractivity contribution in [1.29, 1.82) is 0 Å². The summed E-state index contributed by atoms with van der Waals surface area (Å²) in [6, 6.07) is 8.10. The van der Waals surface area contributed by atoms with Crippen LogP contribution in [0.5, 0.6) is 5.75 Å². The Hall–Kier alpha value is -1.31. The van der Waals surface area contributed by atoms with Crippen LogP contribution in [0.3, 0.4) is 0 Å². The number of benzene rings is 1. The molecular formula is C14H20O2. The SMILES string of the molecule is COc1ccc(CCCC(C)(C)C=O)cc1. The number of rotatable bonds is 6. The Labute approximate surface area is 97.6 Å². The Balaban J connectivity index is 2.40. The van der Waals surface area contributed by atoms with E-state index in [1.165, 1.54) is 5.56 Å². The van der Waals surface area contributed by atoms with Crippen molar-refractivity contribution < 1.29 is 9.53 Å². The van der Waals surface area contributed by atoms with Crippen molar-refractivity contribution in [2.24, 2.45) is 5.41 Å². The molecule has 0 fully saturated rings. The summed E-state index contributed by atoms with van der Waals surface area (Å²) < 4.78 is 5.10. The molecule has 0 N–H and O–H groups in total. The highest BCUT2D eigenvalue weighted by Gasteiger charge is 2.15. The third-order valence-electron chi connectivity index (χ3n) is 2.76. The lowest BCUT2D eigenvalue weighted by Crippen LogP contribution is -2.12. The van der Waals surface area contributed by atoms with Crippen LogP contribution < -0.4 is 4.74 Å². The Morgan fingerprint density at radius 1 is 1.25 bits per heavy atom. The first kappa shape index (κ1) is 12.8. The quantitative estimate of drug-likeness (QED) is 0.688. The van der Waals surface area contributed by atoms with E-state index in [4.69, 9.17) is 4.74 Å². The summed E-state index contributed by atoms with van der Waals surface area (Å²) in [6.45, 7) is 3.96. The van der Waals surface area contributed by atoms with Crippen LogP contribution in [0.1, 0.15) is 32.3 Å². The van der Waals surface area contributed by atoms with Gasteiger partial charge in [0, 0.05) is 5.41 Å². The minimum Gasteiger partial charge on any atom is -0.497 e. The molecule has 1 rings (SSSR count). The van der Waals surface area contributed by atoms with Crippen molar-refractivity contribution in [3.63, 3.8) is 0 Å². The molecule has 0 bridgehead atoms. The van der Waals surface area contributed by atoms with Gasteiger partial charge in [-0.1, -0.05) is 26.0 Å². The first-order valence-corrected chi connectivity index (χ1v) is 5.67. The van der Waals surface area contributed by atoms with E-state index >= 15 is 0 Å². The van der Waals surface area contributed by atoms with Crippen LogP contribution in [-0.2, 0) is 11.2 Å². The predicted molar refractivity (Wildman–Crippen MR) is 65.8 cm³/mol. The summed E-state index contributed by atoms with van der Waals surface area (Å²) in [5, 5.41) is 0. The lowest BCUT2D eigenvalue weighted by molar-refractivity contribution is -0.115. The third-order valence-corrected chi connectivity index (χ3v) is 2.76. The van der Waals surface area contributed by atoms with E-state index in [-0.39, 0.29) is 5.41 Å². The van der Waals surface area contributed by atoms with Gasteiger partial charge in [-0.2, -0.15) is 0 Å². The van der Waals surface area contributed by atoms with Gasteiger partial charge in [-0.3, -0.25) is 0 Å². The lowest BCUT2D eigenvalue weighted by Gasteiger charge is -2.15. The lowest BCUT2D eigenvalue weighted by atomic mass is 9.88. The zero-order chi connectivity index (χ0) is 12.0. The number of carbonyl (C=O) groups excluding carboxylic acids is 1. The summed E-state index contributed by atoms with van der Waals surface area (Å²) in [6.07, 6.45) is 4.03. The fraction of sp³-hybridized carbons (Fsp3) is 0.500. The number of ether oxygens (including phenoxy) is 1. The molecule has 0 spiro atoms. The first-order valence-electron chi connectivity index (χ1n) is 5.67. The van der Waals surface area contributed by atoms with Crippen LogP contribution in [0.15, 0.2) is 24.3 Å². The molecule has 88 valence electrons. The summed E-state index contributed by atoms with van der Waals surface area (Å²) in [5.41, 5.74) is 1.11. The second kappa shape index (κ2) is 5.69. The highest BCUT2D eigenvalue weighted by molar-refractivity contribution is 5.57. The number of hydrogen-bond donors (Lipinski definition) is 0. The van der Waals surface area contributed by atoms with Crippen molar-refractivity contribution >= 4 is 6.29 Å². The van der Waals surface area contributed by atoms with E-state index in [0.717, 1.165) is 31.3 Å². The summed E-state index contributed by atoms with van der Waals surface area (Å²) in [7, 11) is 1.67. The first-order chi connectivity index (χ1) is 7.57. The Morgan fingerprint density at radius 3 is 2.38 bits per heavy atom. The van der Waals surface area contributed by atoms with Crippen LogP contribution in [-0.4, -0.2) is 13.4 Å². The smallest absolute Gasteiger partial charge is 0.125 e. The third kappa shape index (κ3) is 4.05. The van der Waals surface area contributed by atoms with E-state index in [2.05, 4.69) is 12.1 Å². The summed E-state index contributed by atoms with van der Waals surface area (Å²) in [4.78, 5) is 10.7. The minimum absolute atomic E-state index is 0.188. The number of hydrogen-bond acceptors (Lipinski definition) is 2. The molecular weight excluding hydrogens is 200 g/mol. The van der Waals surface area contributed by atoms with Crippen LogP contribution in [0.25, 0.3) is 0 Å². The second-order valence-corrected chi connectivity index (χ2v) is 4.81. The molecule has 16 heavy (non-hydrogen) atoms. The average molecular weight is 220 g/mol. The van der Waals surface area contributed by atoms with Crippen LogP contribution in [0.2, 0.25) is 0 Å². The number of aryl methyl sites for hydroxylation is 1. The van der Waals surface area contributed by atoms with Crippen LogP contribution >= 0.6 is 0 Å². The Kier molecular flexibility index (Phi) is 4.53. The van der Waals surface area contributed by atoms with Gasteiger partial charge in [-0.25, -0.2) is 0 Å². The number of carbonyl (C=O) groups is 1. The van der Waals surface area contributed by atoms with Gasteiger partial charge in [-0.05, 0) is 37.0 Å². The molecule has 2 heteroatoms. The van der Waals surface area contributed by atoms with Crippen molar-refractivity contribution in [1.82, 2.24) is 0 Å². The average Bonchev–Trinajstić information content (AvgIpc) is 2.30. The Bertz CT molecular complexity index is 325. The molecule has 0 aliphatic rings. The monoisotopic (exact) mass is 220 g/mol. The van der Waals surface area contributed by atoms with Crippen LogP contribution in [0.4, 0.5) is 0 Å². The molecule has 0 unspecified atom stereocenters. The van der Waals surface area contributed by atoms with E-state index in [0.29, 0.717) is 0 Å². The van der Waals surface area contributed by atoms with Gasteiger partial charge >= 0.3 is 0 Å². The van der Waals surface area contributed by atoms with Gasteiger partial charge in [0.05, 0.1) is 7.11 Å². The molecule has 1 aromatic rings. The normalized spacial score (nSPS) is 11.2. The second-order valence-electron chi connectivity index (χ2n) is 4.81. The maximum Gasteiger partial charge on any atom is 0.125 e. The van der Waals surface area contributed by atoms with Crippen molar-refractivity contribution in [2.45, 2.75) is 33.1 Å². The highest BCUT2D eigenvalue weighted by Crippen LogP contribution is 2.21. The number of aldehydes is 1. The predicted octanol–water partition coefficient (Wildman–Crippen LogP) is 3.24.